The summed E-state index contributed by atoms with van der Waals surface area (Å²) in [7, 11) is 1.74. The topological polar surface area (TPSA) is 62.7 Å². The first-order valence-electron chi connectivity index (χ1n) is 8.01. The molecule has 1 unspecified atom stereocenters. The van der Waals surface area contributed by atoms with Gasteiger partial charge in [-0.2, -0.15) is 0 Å². The van der Waals surface area contributed by atoms with E-state index >= 15 is 0 Å². The minimum atomic E-state index is -0.182. The van der Waals surface area contributed by atoms with Crippen LogP contribution >= 0.6 is 24.0 Å². The van der Waals surface area contributed by atoms with Crippen molar-refractivity contribution in [2.75, 3.05) is 13.6 Å². The van der Waals surface area contributed by atoms with Crippen LogP contribution in [0.2, 0.25) is 0 Å². The van der Waals surface area contributed by atoms with Crippen molar-refractivity contribution >= 4 is 35.9 Å². The number of nitrogens with one attached hydrogen (secondary N) is 2. The molecule has 132 valence electrons. The van der Waals surface area contributed by atoms with E-state index in [0.717, 1.165) is 18.3 Å². The van der Waals surface area contributed by atoms with Crippen molar-refractivity contribution in [1.82, 2.24) is 10.6 Å². The van der Waals surface area contributed by atoms with Crippen molar-refractivity contribution in [2.24, 2.45) is 10.9 Å². The lowest BCUT2D eigenvalue weighted by Crippen LogP contribution is -2.43. The fraction of sp³-hybridized carbons (Fsp3) is 0.875. The molecule has 0 aromatic rings. The summed E-state index contributed by atoms with van der Waals surface area (Å²) >= 11 is 0. The summed E-state index contributed by atoms with van der Waals surface area (Å²) in [5.74, 6) is 1.31. The maximum Gasteiger partial charge on any atom is 0.307 e. The third-order valence-corrected chi connectivity index (χ3v) is 3.01. The van der Waals surface area contributed by atoms with Gasteiger partial charge in [0.05, 0.1) is 12.5 Å². The van der Waals surface area contributed by atoms with Crippen LogP contribution < -0.4 is 10.6 Å². The highest BCUT2D eigenvalue weighted by atomic mass is 127. The van der Waals surface area contributed by atoms with Crippen molar-refractivity contribution in [1.29, 1.82) is 0 Å². The molecule has 0 rings (SSSR count). The largest absolute Gasteiger partial charge is 0.463 e. The Hall–Kier alpha value is -0.530. The number of ether oxygens (including phenoxy) is 1. The first-order valence-corrected chi connectivity index (χ1v) is 8.01. The fourth-order valence-corrected chi connectivity index (χ4v) is 1.94. The maximum absolute atomic E-state index is 11.4. The van der Waals surface area contributed by atoms with E-state index in [1.807, 2.05) is 13.8 Å². The van der Waals surface area contributed by atoms with Gasteiger partial charge in [0.1, 0.15) is 0 Å². The van der Waals surface area contributed by atoms with Gasteiger partial charge in [-0.3, -0.25) is 9.79 Å². The summed E-state index contributed by atoms with van der Waals surface area (Å²) < 4.78 is 5.08. The second-order valence-electron chi connectivity index (χ2n) is 6.16. The van der Waals surface area contributed by atoms with E-state index in [9.17, 15) is 4.79 Å². The zero-order chi connectivity index (χ0) is 16.3. The quantitative estimate of drug-likeness (QED) is 0.257. The van der Waals surface area contributed by atoms with Gasteiger partial charge >= 0.3 is 5.97 Å². The first-order chi connectivity index (χ1) is 9.85. The van der Waals surface area contributed by atoms with E-state index in [-0.39, 0.29) is 36.0 Å². The Bertz CT molecular complexity index is 321. The number of aliphatic imine (C=N–C) groups is 1. The minimum absolute atomic E-state index is 0. The number of carbonyl (C=O) groups excluding carboxylic acids is 1. The molecule has 0 fully saturated rings. The van der Waals surface area contributed by atoms with E-state index in [2.05, 4.69) is 36.4 Å². The number of hydrogen-bond acceptors (Lipinski definition) is 3. The molecule has 0 aromatic heterocycles. The smallest absolute Gasteiger partial charge is 0.307 e. The van der Waals surface area contributed by atoms with Crippen LogP contribution in [0.5, 0.6) is 0 Å². The summed E-state index contributed by atoms with van der Waals surface area (Å²) in [6.07, 6.45) is 3.87. The lowest BCUT2D eigenvalue weighted by molar-refractivity contribution is -0.147. The summed E-state index contributed by atoms with van der Waals surface area (Å²) in [4.78, 5) is 15.6. The average Bonchev–Trinajstić information content (AvgIpc) is 2.36. The van der Waals surface area contributed by atoms with Crippen molar-refractivity contribution in [2.45, 2.75) is 72.4 Å². The van der Waals surface area contributed by atoms with E-state index in [1.165, 1.54) is 12.8 Å². The van der Waals surface area contributed by atoms with Gasteiger partial charge in [-0.1, -0.05) is 26.7 Å². The van der Waals surface area contributed by atoms with E-state index in [1.54, 1.807) is 7.05 Å². The second-order valence-corrected chi connectivity index (χ2v) is 6.16. The van der Waals surface area contributed by atoms with Crippen LogP contribution in [-0.2, 0) is 9.53 Å². The molecule has 0 saturated carbocycles. The molecule has 5 nitrogen and oxygen atoms in total. The van der Waals surface area contributed by atoms with Crippen LogP contribution in [0.4, 0.5) is 0 Å². The summed E-state index contributed by atoms with van der Waals surface area (Å²) in [6.45, 7) is 10.9. The molecular weight excluding hydrogens is 393 g/mol. The molecule has 0 aliphatic heterocycles. The van der Waals surface area contributed by atoms with Crippen molar-refractivity contribution in [3.05, 3.63) is 0 Å². The number of hydrogen-bond donors (Lipinski definition) is 2. The third-order valence-electron chi connectivity index (χ3n) is 3.01. The maximum atomic E-state index is 11.4. The Morgan fingerprint density at radius 3 is 2.27 bits per heavy atom. The number of esters is 1. The minimum Gasteiger partial charge on any atom is -0.463 e. The van der Waals surface area contributed by atoms with Gasteiger partial charge in [0.2, 0.25) is 0 Å². The molecule has 1 atom stereocenters. The number of nitrogens with zero attached hydrogens (tertiary/aromatic N) is 1. The van der Waals surface area contributed by atoms with Gasteiger partial charge in [0.15, 0.2) is 5.96 Å². The van der Waals surface area contributed by atoms with Crippen LogP contribution in [0, 0.1) is 5.92 Å². The Labute approximate surface area is 153 Å². The molecule has 0 aliphatic rings. The highest BCUT2D eigenvalue weighted by Crippen LogP contribution is 2.08. The Kier molecular flexibility index (Phi) is 15.2. The Morgan fingerprint density at radius 2 is 1.77 bits per heavy atom. The molecule has 0 aromatic carbocycles. The fourth-order valence-electron chi connectivity index (χ4n) is 1.94. The third kappa shape index (κ3) is 14.4. The molecule has 0 spiro atoms. The number of carbonyl (C=O) groups is 1. The summed E-state index contributed by atoms with van der Waals surface area (Å²) in [5.41, 5.74) is 0. The van der Waals surface area contributed by atoms with Gasteiger partial charge in [-0.15, -0.1) is 24.0 Å². The van der Waals surface area contributed by atoms with Crippen molar-refractivity contribution in [3.63, 3.8) is 0 Å². The number of halogens is 1. The van der Waals surface area contributed by atoms with Crippen LogP contribution in [0.25, 0.3) is 0 Å². The van der Waals surface area contributed by atoms with Crippen LogP contribution in [0.1, 0.15) is 60.3 Å². The van der Waals surface area contributed by atoms with Gasteiger partial charge < -0.3 is 15.4 Å². The SMILES string of the molecule is CN=C(NCCC(=O)OC(C)C)NC(C)CCCC(C)C.I. The van der Waals surface area contributed by atoms with Crippen LogP contribution in [0.3, 0.4) is 0 Å². The van der Waals surface area contributed by atoms with Crippen LogP contribution in [0.15, 0.2) is 4.99 Å². The predicted octanol–water partition coefficient (Wildman–Crippen LogP) is 3.33. The molecular formula is C16H34IN3O2. The molecule has 2 N–H and O–H groups in total. The van der Waals surface area contributed by atoms with Gasteiger partial charge in [0, 0.05) is 19.6 Å². The van der Waals surface area contributed by atoms with E-state index < -0.39 is 0 Å². The normalized spacial score (nSPS) is 12.8. The molecule has 0 heterocycles. The Morgan fingerprint density at radius 1 is 1.14 bits per heavy atom. The van der Waals surface area contributed by atoms with E-state index in [4.69, 9.17) is 4.74 Å². The van der Waals surface area contributed by atoms with Gasteiger partial charge in [0.25, 0.3) is 0 Å². The second kappa shape index (κ2) is 14.1. The van der Waals surface area contributed by atoms with Gasteiger partial charge in [-0.05, 0) is 33.1 Å². The lowest BCUT2D eigenvalue weighted by Gasteiger charge is -2.18. The molecule has 6 heteroatoms. The van der Waals surface area contributed by atoms with Crippen LogP contribution in [-0.4, -0.2) is 37.7 Å². The highest BCUT2D eigenvalue weighted by molar-refractivity contribution is 14.0. The van der Waals surface area contributed by atoms with Gasteiger partial charge in [-0.25, -0.2) is 0 Å². The molecule has 0 bridgehead atoms. The molecule has 0 aliphatic carbocycles. The standard InChI is InChI=1S/C16H33N3O2.HI/c1-12(2)8-7-9-14(5)19-16(17-6)18-11-10-15(20)21-13(3)4;/h12-14H,7-11H2,1-6H3,(H2,17,18,19);1H. The first kappa shape index (κ1) is 23.7. The highest BCUT2D eigenvalue weighted by Gasteiger charge is 2.08. The monoisotopic (exact) mass is 427 g/mol. The lowest BCUT2D eigenvalue weighted by atomic mass is 10.0. The molecule has 0 amide bonds. The predicted molar refractivity (Wildman–Crippen MR) is 104 cm³/mol. The summed E-state index contributed by atoms with van der Waals surface area (Å²) in [5, 5.41) is 6.48. The molecule has 22 heavy (non-hydrogen) atoms. The number of rotatable bonds is 9. The molecule has 0 saturated heterocycles. The summed E-state index contributed by atoms with van der Waals surface area (Å²) in [6, 6.07) is 0.373. The zero-order valence-electron chi connectivity index (χ0n) is 14.9. The van der Waals surface area contributed by atoms with Crippen molar-refractivity contribution in [3.8, 4) is 0 Å². The Balaban J connectivity index is 0. The van der Waals surface area contributed by atoms with E-state index in [0.29, 0.717) is 19.0 Å². The zero-order valence-corrected chi connectivity index (χ0v) is 17.3. The average molecular weight is 427 g/mol. The number of guanidine groups is 1. The van der Waals surface area contributed by atoms with Crippen molar-refractivity contribution < 1.29 is 9.53 Å². The molecule has 0 radical (unpaired) electrons.